The lowest BCUT2D eigenvalue weighted by Crippen LogP contribution is -2.31. The first-order valence-electron chi connectivity index (χ1n) is 9.60. The van der Waals surface area contributed by atoms with Crippen molar-refractivity contribution in [2.45, 2.75) is 25.3 Å². The molecule has 0 saturated carbocycles. The molecule has 4 rings (SSSR count). The summed E-state index contributed by atoms with van der Waals surface area (Å²) in [7, 11) is 0. The van der Waals surface area contributed by atoms with Gasteiger partial charge in [0.2, 0.25) is 0 Å². The summed E-state index contributed by atoms with van der Waals surface area (Å²) in [5.41, 5.74) is 3.53. The van der Waals surface area contributed by atoms with Gasteiger partial charge in [0.05, 0.1) is 17.0 Å². The standard InChI is InChI=1S/C25H20FNO2S/c1-16-12-13-18(14-17(16)2)22-23(30-20-9-4-3-5-10-20)25(29)27(24(22)28)15-19-8-6-7-11-21(19)26/h3-14H,15H2,1-2H3. The Kier molecular flexibility index (Phi) is 5.55. The first-order valence-corrected chi connectivity index (χ1v) is 10.4. The molecular formula is C25H20FNO2S. The van der Waals surface area contributed by atoms with Gasteiger partial charge in [0.25, 0.3) is 11.8 Å². The Bertz CT molecular complexity index is 1170. The van der Waals surface area contributed by atoms with E-state index in [0.29, 0.717) is 21.6 Å². The van der Waals surface area contributed by atoms with E-state index in [1.165, 1.54) is 17.8 Å². The van der Waals surface area contributed by atoms with Crippen LogP contribution in [-0.2, 0) is 16.1 Å². The van der Waals surface area contributed by atoms with Gasteiger partial charge in [-0.15, -0.1) is 0 Å². The molecule has 0 N–H and O–H groups in total. The second-order valence-corrected chi connectivity index (χ2v) is 8.29. The maximum absolute atomic E-state index is 14.2. The molecule has 0 unspecified atom stereocenters. The molecule has 2 amide bonds. The van der Waals surface area contributed by atoms with Crippen molar-refractivity contribution < 1.29 is 14.0 Å². The van der Waals surface area contributed by atoms with Crippen LogP contribution in [0.4, 0.5) is 4.39 Å². The second-order valence-electron chi connectivity index (χ2n) is 7.21. The minimum Gasteiger partial charge on any atom is -0.269 e. The molecule has 0 radical (unpaired) electrons. The topological polar surface area (TPSA) is 37.4 Å². The maximum Gasteiger partial charge on any atom is 0.268 e. The van der Waals surface area contributed by atoms with Crippen molar-refractivity contribution in [3.05, 3.63) is 106 Å². The van der Waals surface area contributed by atoms with Crippen LogP contribution in [0.15, 0.2) is 82.6 Å². The number of aryl methyl sites for hydroxylation is 2. The molecular weight excluding hydrogens is 397 g/mol. The van der Waals surface area contributed by atoms with Crippen LogP contribution in [0.25, 0.3) is 5.57 Å². The van der Waals surface area contributed by atoms with Crippen molar-refractivity contribution >= 4 is 29.1 Å². The van der Waals surface area contributed by atoms with E-state index in [-0.39, 0.29) is 6.54 Å². The monoisotopic (exact) mass is 417 g/mol. The molecule has 0 spiro atoms. The summed E-state index contributed by atoms with van der Waals surface area (Å²) in [4.78, 5) is 29.0. The van der Waals surface area contributed by atoms with Crippen molar-refractivity contribution in [2.75, 3.05) is 0 Å². The highest BCUT2D eigenvalue weighted by molar-refractivity contribution is 8.04. The lowest BCUT2D eigenvalue weighted by molar-refractivity contribution is -0.137. The number of carbonyl (C=O) groups excluding carboxylic acids is 2. The molecule has 0 fully saturated rings. The lowest BCUT2D eigenvalue weighted by atomic mass is 10.0. The molecule has 1 aliphatic rings. The van der Waals surface area contributed by atoms with Gasteiger partial charge in [-0.2, -0.15) is 0 Å². The van der Waals surface area contributed by atoms with Crippen molar-refractivity contribution in [1.82, 2.24) is 4.90 Å². The van der Waals surface area contributed by atoms with Crippen LogP contribution in [0.1, 0.15) is 22.3 Å². The van der Waals surface area contributed by atoms with Crippen molar-refractivity contribution in [1.29, 1.82) is 0 Å². The third-order valence-corrected chi connectivity index (χ3v) is 6.26. The molecule has 30 heavy (non-hydrogen) atoms. The Morgan fingerprint density at radius 2 is 1.53 bits per heavy atom. The molecule has 1 aliphatic heterocycles. The Labute approximate surface area is 179 Å². The van der Waals surface area contributed by atoms with Crippen LogP contribution >= 0.6 is 11.8 Å². The number of halogens is 1. The highest BCUT2D eigenvalue weighted by Crippen LogP contribution is 2.40. The predicted molar refractivity (Wildman–Crippen MR) is 117 cm³/mol. The van der Waals surface area contributed by atoms with Gasteiger partial charge in [0.15, 0.2) is 0 Å². The summed E-state index contributed by atoms with van der Waals surface area (Å²) >= 11 is 1.27. The fraction of sp³-hybridized carbons (Fsp3) is 0.120. The van der Waals surface area contributed by atoms with Crippen LogP contribution in [0.2, 0.25) is 0 Å². The van der Waals surface area contributed by atoms with Crippen LogP contribution < -0.4 is 0 Å². The van der Waals surface area contributed by atoms with E-state index in [1.54, 1.807) is 18.2 Å². The van der Waals surface area contributed by atoms with Gasteiger partial charge in [0, 0.05) is 10.5 Å². The average Bonchev–Trinajstić information content (AvgIpc) is 2.97. The SMILES string of the molecule is Cc1ccc(C2=C(Sc3ccccc3)C(=O)N(Cc3ccccc3F)C2=O)cc1C. The summed E-state index contributed by atoms with van der Waals surface area (Å²) in [5.74, 6) is -1.23. The summed E-state index contributed by atoms with van der Waals surface area (Å²) in [6.07, 6.45) is 0. The smallest absolute Gasteiger partial charge is 0.268 e. The molecule has 3 aromatic rings. The molecule has 0 aromatic heterocycles. The minimum atomic E-state index is -0.435. The zero-order valence-electron chi connectivity index (χ0n) is 16.7. The lowest BCUT2D eigenvalue weighted by Gasteiger charge is -2.16. The van der Waals surface area contributed by atoms with Gasteiger partial charge in [-0.05, 0) is 48.7 Å². The van der Waals surface area contributed by atoms with E-state index in [4.69, 9.17) is 0 Å². The average molecular weight is 418 g/mol. The maximum atomic E-state index is 14.2. The van der Waals surface area contributed by atoms with Crippen LogP contribution in [0.5, 0.6) is 0 Å². The van der Waals surface area contributed by atoms with Gasteiger partial charge in [0.1, 0.15) is 5.82 Å². The summed E-state index contributed by atoms with van der Waals surface area (Å²) < 4.78 is 14.2. The Balaban J connectivity index is 1.77. The van der Waals surface area contributed by atoms with E-state index >= 15 is 0 Å². The van der Waals surface area contributed by atoms with Crippen LogP contribution in [-0.4, -0.2) is 16.7 Å². The second kappa shape index (κ2) is 8.28. The van der Waals surface area contributed by atoms with Gasteiger partial charge in [-0.3, -0.25) is 14.5 Å². The van der Waals surface area contributed by atoms with E-state index in [0.717, 1.165) is 20.9 Å². The van der Waals surface area contributed by atoms with Crippen molar-refractivity contribution in [3.63, 3.8) is 0 Å². The Hall–Kier alpha value is -3.18. The summed E-state index contributed by atoms with van der Waals surface area (Å²) in [6.45, 7) is 3.87. The number of nitrogens with zero attached hydrogens (tertiary/aromatic N) is 1. The summed E-state index contributed by atoms with van der Waals surface area (Å²) in [6, 6.07) is 21.4. The van der Waals surface area contributed by atoms with Crippen molar-refractivity contribution in [2.24, 2.45) is 0 Å². The van der Waals surface area contributed by atoms with Gasteiger partial charge >= 0.3 is 0 Å². The molecule has 0 aliphatic carbocycles. The number of hydrogen-bond acceptors (Lipinski definition) is 3. The number of benzene rings is 3. The molecule has 150 valence electrons. The Morgan fingerprint density at radius 3 is 2.23 bits per heavy atom. The first kappa shape index (κ1) is 20.1. The molecule has 0 atom stereocenters. The molecule has 1 heterocycles. The first-order chi connectivity index (χ1) is 14.5. The molecule has 0 saturated heterocycles. The predicted octanol–water partition coefficient (Wildman–Crippen LogP) is 5.51. The molecule has 0 bridgehead atoms. The number of hydrogen-bond donors (Lipinski definition) is 0. The fourth-order valence-electron chi connectivity index (χ4n) is 3.35. The third-order valence-electron chi connectivity index (χ3n) is 5.17. The van der Waals surface area contributed by atoms with E-state index in [2.05, 4.69) is 0 Å². The van der Waals surface area contributed by atoms with E-state index in [9.17, 15) is 14.0 Å². The minimum absolute atomic E-state index is 0.0997. The number of thioether (sulfide) groups is 1. The Morgan fingerprint density at radius 1 is 0.833 bits per heavy atom. The van der Waals surface area contributed by atoms with Gasteiger partial charge < -0.3 is 0 Å². The zero-order valence-corrected chi connectivity index (χ0v) is 17.5. The normalized spacial score (nSPS) is 14.0. The number of carbonyl (C=O) groups is 2. The van der Waals surface area contributed by atoms with Gasteiger partial charge in [-0.25, -0.2) is 4.39 Å². The molecule has 5 heteroatoms. The largest absolute Gasteiger partial charge is 0.269 e. The van der Waals surface area contributed by atoms with E-state index in [1.807, 2.05) is 62.4 Å². The third kappa shape index (κ3) is 3.81. The van der Waals surface area contributed by atoms with E-state index < -0.39 is 17.6 Å². The van der Waals surface area contributed by atoms with Gasteiger partial charge in [-0.1, -0.05) is 66.4 Å². The highest BCUT2D eigenvalue weighted by atomic mass is 32.2. The van der Waals surface area contributed by atoms with Crippen LogP contribution in [0.3, 0.4) is 0 Å². The summed E-state index contributed by atoms with van der Waals surface area (Å²) in [5, 5.41) is 0. The quantitative estimate of drug-likeness (QED) is 0.514. The number of imide groups is 1. The zero-order chi connectivity index (χ0) is 21.3. The highest BCUT2D eigenvalue weighted by Gasteiger charge is 2.39. The van der Waals surface area contributed by atoms with Crippen LogP contribution in [0, 0.1) is 19.7 Å². The van der Waals surface area contributed by atoms with Crippen molar-refractivity contribution in [3.8, 4) is 0 Å². The fourth-order valence-corrected chi connectivity index (χ4v) is 4.38. The molecule has 3 aromatic carbocycles. The number of amides is 2. The molecule has 3 nitrogen and oxygen atoms in total. The number of rotatable bonds is 5.